The highest BCUT2D eigenvalue weighted by Crippen LogP contribution is 2.23. The van der Waals surface area contributed by atoms with E-state index in [1.807, 2.05) is 0 Å². The molecule has 0 aliphatic rings. The van der Waals surface area contributed by atoms with Gasteiger partial charge in [0.1, 0.15) is 5.39 Å². The summed E-state index contributed by atoms with van der Waals surface area (Å²) in [5.41, 5.74) is 2.98. The van der Waals surface area contributed by atoms with Crippen molar-refractivity contribution in [1.29, 1.82) is 0 Å². The van der Waals surface area contributed by atoms with Crippen LogP contribution in [0.15, 0.2) is 15.5 Å². The average Bonchev–Trinajstić information content (AvgIpc) is 2.69. The summed E-state index contributed by atoms with van der Waals surface area (Å²) in [6.45, 7) is 4.77. The van der Waals surface area contributed by atoms with Crippen LogP contribution in [-0.4, -0.2) is 14.8 Å². The maximum atomic E-state index is 12.2. The number of hydrazine groups is 1. The molecule has 0 unspecified atom stereocenters. The average molecular weight is 300 g/mol. The second-order valence-corrected chi connectivity index (χ2v) is 5.15. The number of hydrogen-bond acceptors (Lipinski definition) is 4. The largest absolute Gasteiger partial charge is 0.313 e. The maximum absolute atomic E-state index is 12.2. The molecule has 0 aliphatic heterocycles. The molecule has 0 saturated carbocycles. The van der Waals surface area contributed by atoms with E-state index in [1.165, 1.54) is 0 Å². The minimum Gasteiger partial charge on any atom is -0.313 e. The topological polar surface area (TPSA) is 88.7 Å². The number of hydrogen-bond donors (Lipinski definition) is 3. The molecule has 0 spiro atoms. The van der Waals surface area contributed by atoms with Crippen LogP contribution in [0, 0.1) is 5.92 Å². The molecule has 2 heterocycles. The number of nitrogens with one attached hydrogen (secondary N) is 2. The van der Waals surface area contributed by atoms with Crippen LogP contribution in [0.1, 0.15) is 13.8 Å². The minimum atomic E-state index is -0.0985. The molecule has 2 aromatic heterocycles. The summed E-state index contributed by atoms with van der Waals surface area (Å²) in [5, 5.41) is 7.20. The van der Waals surface area contributed by atoms with Crippen molar-refractivity contribution in [2.24, 2.45) is 11.8 Å². The van der Waals surface area contributed by atoms with Crippen LogP contribution in [-0.2, 0) is 6.54 Å². The van der Waals surface area contributed by atoms with Crippen molar-refractivity contribution in [2.45, 2.75) is 20.4 Å². The predicted molar refractivity (Wildman–Crippen MR) is 70.7 cm³/mol. The first kappa shape index (κ1) is 12.1. The monoisotopic (exact) mass is 299 g/mol. The first-order chi connectivity index (χ1) is 8.04. The fourth-order valence-electron chi connectivity index (χ4n) is 1.76. The van der Waals surface area contributed by atoms with Crippen LogP contribution in [0.25, 0.3) is 10.9 Å². The number of fused-ring (bicyclic) bond motifs is 1. The van der Waals surface area contributed by atoms with Gasteiger partial charge in [-0.25, -0.2) is 5.84 Å². The molecular formula is C10H14BrN5O. The SMILES string of the molecule is CC(C)Cn1cc(Br)c2[nH]nc(NN)c2c1=O. The zero-order chi connectivity index (χ0) is 12.6. The van der Waals surface area contributed by atoms with Crippen LogP contribution < -0.4 is 16.8 Å². The standard InChI is InChI=1S/C10H14BrN5O/c1-5(2)3-16-4-6(11)8-7(10(16)17)9(13-12)15-14-8/h4-5H,3,12H2,1-2H3,(H2,13,14,15). The predicted octanol–water partition coefficient (Wildman–Crippen LogP) is 1.43. The van der Waals surface area contributed by atoms with Crippen LogP contribution >= 0.6 is 15.9 Å². The molecule has 2 aromatic rings. The molecule has 92 valence electrons. The molecule has 0 aromatic carbocycles. The van der Waals surface area contributed by atoms with E-state index in [9.17, 15) is 4.79 Å². The first-order valence-corrected chi connectivity index (χ1v) is 6.07. The van der Waals surface area contributed by atoms with Crippen molar-refractivity contribution < 1.29 is 0 Å². The van der Waals surface area contributed by atoms with E-state index in [1.54, 1.807) is 10.8 Å². The minimum absolute atomic E-state index is 0.0985. The number of nitrogens with zero attached hydrogens (tertiary/aromatic N) is 2. The van der Waals surface area contributed by atoms with Gasteiger partial charge in [-0.1, -0.05) is 13.8 Å². The summed E-state index contributed by atoms with van der Waals surface area (Å²) in [4.78, 5) is 12.2. The highest BCUT2D eigenvalue weighted by Gasteiger charge is 2.14. The Hall–Kier alpha value is -1.34. The lowest BCUT2D eigenvalue weighted by atomic mass is 10.2. The Balaban J connectivity index is 2.72. The van der Waals surface area contributed by atoms with Crippen molar-refractivity contribution in [1.82, 2.24) is 14.8 Å². The third-order valence-electron chi connectivity index (χ3n) is 2.45. The quantitative estimate of drug-likeness (QED) is 0.591. The van der Waals surface area contributed by atoms with Gasteiger partial charge in [0.2, 0.25) is 0 Å². The molecule has 6 nitrogen and oxygen atoms in total. The van der Waals surface area contributed by atoms with Gasteiger partial charge in [-0.15, -0.1) is 0 Å². The normalized spacial score (nSPS) is 11.4. The second kappa shape index (κ2) is 4.50. The number of nitrogens with two attached hydrogens (primary N) is 1. The van der Waals surface area contributed by atoms with Crippen LogP contribution in [0.4, 0.5) is 5.82 Å². The Morgan fingerprint density at radius 3 is 2.94 bits per heavy atom. The summed E-state index contributed by atoms with van der Waals surface area (Å²) in [7, 11) is 0. The Labute approximate surface area is 106 Å². The third kappa shape index (κ3) is 2.07. The lowest BCUT2D eigenvalue weighted by Gasteiger charge is -2.09. The molecule has 0 bridgehead atoms. The fraction of sp³-hybridized carbons (Fsp3) is 0.400. The first-order valence-electron chi connectivity index (χ1n) is 5.28. The van der Waals surface area contributed by atoms with Crippen molar-refractivity contribution in [3.8, 4) is 0 Å². The number of nitrogen functional groups attached to an aromatic ring is 1. The molecular weight excluding hydrogens is 286 g/mol. The van der Waals surface area contributed by atoms with Gasteiger partial charge >= 0.3 is 0 Å². The summed E-state index contributed by atoms with van der Waals surface area (Å²) >= 11 is 3.41. The van der Waals surface area contributed by atoms with E-state index in [0.29, 0.717) is 29.2 Å². The Kier molecular flexibility index (Phi) is 3.21. The van der Waals surface area contributed by atoms with E-state index < -0.39 is 0 Å². The van der Waals surface area contributed by atoms with E-state index in [4.69, 9.17) is 5.84 Å². The summed E-state index contributed by atoms with van der Waals surface area (Å²) in [6, 6.07) is 0. The van der Waals surface area contributed by atoms with Crippen LogP contribution in [0.5, 0.6) is 0 Å². The molecule has 17 heavy (non-hydrogen) atoms. The number of halogens is 1. The van der Waals surface area contributed by atoms with Gasteiger partial charge in [0.15, 0.2) is 5.82 Å². The Morgan fingerprint density at radius 2 is 2.35 bits per heavy atom. The van der Waals surface area contributed by atoms with Gasteiger partial charge in [-0.3, -0.25) is 9.89 Å². The van der Waals surface area contributed by atoms with Gasteiger partial charge < -0.3 is 9.99 Å². The highest BCUT2D eigenvalue weighted by atomic mass is 79.9. The highest BCUT2D eigenvalue weighted by molar-refractivity contribution is 9.10. The number of pyridine rings is 1. The lowest BCUT2D eigenvalue weighted by Crippen LogP contribution is -2.23. The van der Waals surface area contributed by atoms with E-state index in [0.717, 1.165) is 4.47 Å². The van der Waals surface area contributed by atoms with Gasteiger partial charge in [-0.05, 0) is 21.8 Å². The zero-order valence-electron chi connectivity index (χ0n) is 9.62. The van der Waals surface area contributed by atoms with E-state index in [-0.39, 0.29) is 5.56 Å². The molecule has 0 amide bonds. The molecule has 0 fully saturated rings. The lowest BCUT2D eigenvalue weighted by molar-refractivity contribution is 0.512. The molecule has 2 rings (SSSR count). The smallest absolute Gasteiger partial charge is 0.263 e. The number of rotatable bonds is 3. The molecule has 0 radical (unpaired) electrons. The van der Waals surface area contributed by atoms with Crippen LogP contribution in [0.3, 0.4) is 0 Å². The summed E-state index contributed by atoms with van der Waals surface area (Å²) in [6.07, 6.45) is 1.77. The number of aromatic amines is 1. The van der Waals surface area contributed by atoms with Gasteiger partial charge in [0.25, 0.3) is 5.56 Å². The second-order valence-electron chi connectivity index (χ2n) is 4.29. The third-order valence-corrected chi connectivity index (χ3v) is 3.05. The Bertz CT molecular complexity index is 600. The fourth-order valence-corrected chi connectivity index (χ4v) is 2.29. The van der Waals surface area contributed by atoms with Gasteiger partial charge in [0.05, 0.1) is 9.99 Å². The van der Waals surface area contributed by atoms with Crippen molar-refractivity contribution in [3.05, 3.63) is 21.0 Å². The maximum Gasteiger partial charge on any atom is 0.263 e. The molecule has 7 heteroatoms. The number of anilines is 1. The Morgan fingerprint density at radius 1 is 1.65 bits per heavy atom. The number of H-pyrrole nitrogens is 1. The van der Waals surface area contributed by atoms with E-state index >= 15 is 0 Å². The van der Waals surface area contributed by atoms with Gasteiger partial charge in [0, 0.05) is 12.7 Å². The van der Waals surface area contributed by atoms with Crippen molar-refractivity contribution in [2.75, 3.05) is 5.43 Å². The van der Waals surface area contributed by atoms with Crippen molar-refractivity contribution in [3.63, 3.8) is 0 Å². The molecule has 4 N–H and O–H groups in total. The molecule has 0 atom stereocenters. The summed E-state index contributed by atoms with van der Waals surface area (Å²) in [5.74, 6) is 6.09. The molecule has 0 saturated heterocycles. The summed E-state index contributed by atoms with van der Waals surface area (Å²) < 4.78 is 2.45. The zero-order valence-corrected chi connectivity index (χ0v) is 11.2. The van der Waals surface area contributed by atoms with Crippen molar-refractivity contribution >= 4 is 32.7 Å². The number of aromatic nitrogens is 3. The van der Waals surface area contributed by atoms with E-state index in [2.05, 4.69) is 45.4 Å². The van der Waals surface area contributed by atoms with Crippen LogP contribution in [0.2, 0.25) is 0 Å². The molecule has 0 aliphatic carbocycles. The van der Waals surface area contributed by atoms with Gasteiger partial charge in [-0.2, -0.15) is 5.10 Å².